The molecule has 0 aromatic heterocycles. The predicted octanol–water partition coefficient (Wildman–Crippen LogP) is 4.22. The van der Waals surface area contributed by atoms with E-state index in [1.807, 2.05) is 0 Å². The Labute approximate surface area is 154 Å². The first kappa shape index (κ1) is 20.1. The highest BCUT2D eigenvalue weighted by molar-refractivity contribution is 6.30. The summed E-state index contributed by atoms with van der Waals surface area (Å²) in [4.78, 5) is 14.0. The molecule has 140 valence electrons. The summed E-state index contributed by atoms with van der Waals surface area (Å²) < 4.78 is 45.2. The summed E-state index contributed by atoms with van der Waals surface area (Å²) in [7, 11) is 3.21. The third-order valence-electron chi connectivity index (χ3n) is 4.00. The summed E-state index contributed by atoms with van der Waals surface area (Å²) in [6.45, 7) is 1.93. The number of nitrogens with zero attached hydrogens (tertiary/aromatic N) is 1. The number of amides is 1. The van der Waals surface area contributed by atoms with Crippen molar-refractivity contribution in [2.45, 2.75) is 19.5 Å². The van der Waals surface area contributed by atoms with Crippen LogP contribution in [-0.4, -0.2) is 31.0 Å². The van der Waals surface area contributed by atoms with E-state index in [9.17, 15) is 18.0 Å². The minimum atomic E-state index is -1.63. The topological polar surface area (TPSA) is 41.6 Å². The first-order chi connectivity index (χ1) is 12.2. The lowest BCUT2D eigenvalue weighted by Crippen LogP contribution is -2.39. The molecule has 2 rings (SSSR count). The van der Waals surface area contributed by atoms with Crippen LogP contribution in [0.25, 0.3) is 0 Å². The molecule has 0 saturated heterocycles. The van der Waals surface area contributed by atoms with Crippen LogP contribution in [0.15, 0.2) is 30.3 Å². The van der Waals surface area contributed by atoms with Gasteiger partial charge in [0, 0.05) is 17.1 Å². The third kappa shape index (κ3) is 4.47. The number of anilines is 1. The van der Waals surface area contributed by atoms with Gasteiger partial charge in [0.2, 0.25) is 5.91 Å². The van der Waals surface area contributed by atoms with Gasteiger partial charge >= 0.3 is 0 Å². The van der Waals surface area contributed by atoms with Gasteiger partial charge in [0.25, 0.3) is 0 Å². The first-order valence-electron chi connectivity index (χ1n) is 7.71. The Morgan fingerprint density at radius 2 is 1.92 bits per heavy atom. The van der Waals surface area contributed by atoms with Crippen LogP contribution in [0, 0.1) is 17.5 Å². The average molecular weight is 387 g/mol. The molecule has 0 unspecified atom stereocenters. The molecule has 0 aliphatic carbocycles. The lowest BCUT2D eigenvalue weighted by molar-refractivity contribution is -0.120. The standard InChI is InChI=1S/C18H18ClF3N2O2/c1-10(18(25)23-14-6-5-13(20)16(21)17(14)22)24(2)9-11-8-12(19)4-7-15(11)26-3/h4-8,10H,9H2,1-3H3,(H,23,25)/t10-/m0/s1. The molecule has 0 saturated carbocycles. The van der Waals surface area contributed by atoms with E-state index >= 15 is 0 Å². The lowest BCUT2D eigenvalue weighted by atomic mass is 10.1. The van der Waals surface area contributed by atoms with Gasteiger partial charge in [-0.15, -0.1) is 0 Å². The van der Waals surface area contributed by atoms with E-state index in [-0.39, 0.29) is 0 Å². The van der Waals surface area contributed by atoms with Gasteiger partial charge in [0.05, 0.1) is 18.8 Å². The Morgan fingerprint density at radius 3 is 2.58 bits per heavy atom. The largest absolute Gasteiger partial charge is 0.496 e. The zero-order chi connectivity index (χ0) is 19.4. The molecule has 8 heteroatoms. The second kappa shape index (κ2) is 8.42. The molecule has 0 fully saturated rings. The van der Waals surface area contributed by atoms with Crippen LogP contribution in [0.4, 0.5) is 18.9 Å². The van der Waals surface area contributed by atoms with Gasteiger partial charge in [-0.1, -0.05) is 11.6 Å². The number of hydrogen-bond donors (Lipinski definition) is 1. The van der Waals surface area contributed by atoms with E-state index < -0.39 is 35.1 Å². The summed E-state index contributed by atoms with van der Waals surface area (Å²) in [6.07, 6.45) is 0. The summed E-state index contributed by atoms with van der Waals surface area (Å²) in [5, 5.41) is 2.79. The molecule has 26 heavy (non-hydrogen) atoms. The van der Waals surface area contributed by atoms with Crippen LogP contribution in [0.3, 0.4) is 0 Å². The molecule has 1 atom stereocenters. The van der Waals surface area contributed by atoms with E-state index in [0.717, 1.165) is 17.7 Å². The predicted molar refractivity (Wildman–Crippen MR) is 93.9 cm³/mol. The van der Waals surface area contributed by atoms with E-state index in [1.54, 1.807) is 37.1 Å². The minimum absolute atomic E-state index is 0.332. The Morgan fingerprint density at radius 1 is 1.23 bits per heavy atom. The number of carbonyl (C=O) groups is 1. The SMILES string of the molecule is COc1ccc(Cl)cc1CN(C)[C@@H](C)C(=O)Nc1ccc(F)c(F)c1F. The molecular weight excluding hydrogens is 369 g/mol. The molecule has 1 N–H and O–H groups in total. The molecule has 1 amide bonds. The van der Waals surface area contributed by atoms with Gasteiger partial charge < -0.3 is 10.1 Å². The van der Waals surface area contributed by atoms with Crippen molar-refractivity contribution in [3.63, 3.8) is 0 Å². The fourth-order valence-corrected chi connectivity index (χ4v) is 2.53. The van der Waals surface area contributed by atoms with E-state index in [4.69, 9.17) is 16.3 Å². The van der Waals surface area contributed by atoms with Crippen molar-refractivity contribution in [2.24, 2.45) is 0 Å². The maximum atomic E-state index is 13.7. The van der Waals surface area contributed by atoms with Crippen molar-refractivity contribution in [1.82, 2.24) is 4.90 Å². The Balaban J connectivity index is 2.11. The average Bonchev–Trinajstić information content (AvgIpc) is 2.61. The van der Waals surface area contributed by atoms with Crippen molar-refractivity contribution in [3.8, 4) is 5.75 Å². The fourth-order valence-electron chi connectivity index (χ4n) is 2.34. The Kier molecular flexibility index (Phi) is 6.50. The maximum absolute atomic E-state index is 13.7. The van der Waals surface area contributed by atoms with Gasteiger partial charge in [-0.2, -0.15) is 0 Å². The number of halogens is 4. The number of benzene rings is 2. The van der Waals surface area contributed by atoms with Crippen LogP contribution < -0.4 is 10.1 Å². The summed E-state index contributed by atoms with van der Waals surface area (Å²) in [5.74, 6) is -4.35. The van der Waals surface area contributed by atoms with Crippen LogP contribution in [0.1, 0.15) is 12.5 Å². The molecule has 0 bridgehead atoms. The lowest BCUT2D eigenvalue weighted by Gasteiger charge is -2.25. The summed E-state index contributed by atoms with van der Waals surface area (Å²) in [6, 6.07) is 6.15. The molecule has 0 radical (unpaired) electrons. The van der Waals surface area contributed by atoms with E-state index in [1.165, 1.54) is 7.11 Å². The first-order valence-corrected chi connectivity index (χ1v) is 8.09. The number of nitrogens with one attached hydrogen (secondary N) is 1. The summed E-state index contributed by atoms with van der Waals surface area (Å²) in [5.41, 5.74) is 0.343. The minimum Gasteiger partial charge on any atom is -0.496 e. The number of likely N-dealkylation sites (N-methyl/N-ethyl adjacent to an activating group) is 1. The van der Waals surface area contributed by atoms with Gasteiger partial charge in [-0.05, 0) is 44.3 Å². The molecular formula is C18H18ClF3N2O2. The zero-order valence-corrected chi connectivity index (χ0v) is 15.2. The highest BCUT2D eigenvalue weighted by Gasteiger charge is 2.22. The third-order valence-corrected chi connectivity index (χ3v) is 4.23. The molecule has 0 aliphatic heterocycles. The van der Waals surface area contributed by atoms with Gasteiger partial charge in [0.1, 0.15) is 5.75 Å². The second-order valence-corrected chi connectivity index (χ2v) is 6.20. The van der Waals surface area contributed by atoms with Crippen molar-refractivity contribution < 1.29 is 22.7 Å². The number of ether oxygens (including phenoxy) is 1. The van der Waals surface area contributed by atoms with Gasteiger partial charge in [-0.3, -0.25) is 9.69 Å². The molecule has 0 spiro atoms. The van der Waals surface area contributed by atoms with Crippen LogP contribution in [-0.2, 0) is 11.3 Å². The Bertz CT molecular complexity index is 817. The molecule has 0 heterocycles. The van der Waals surface area contributed by atoms with Crippen molar-refractivity contribution in [3.05, 3.63) is 58.4 Å². The molecule has 2 aromatic rings. The van der Waals surface area contributed by atoms with Crippen LogP contribution in [0.5, 0.6) is 5.75 Å². The quantitative estimate of drug-likeness (QED) is 0.755. The van der Waals surface area contributed by atoms with Crippen molar-refractivity contribution in [2.75, 3.05) is 19.5 Å². The highest BCUT2D eigenvalue weighted by atomic mass is 35.5. The van der Waals surface area contributed by atoms with E-state index in [2.05, 4.69) is 5.32 Å². The number of rotatable bonds is 6. The maximum Gasteiger partial charge on any atom is 0.241 e. The highest BCUT2D eigenvalue weighted by Crippen LogP contribution is 2.25. The van der Waals surface area contributed by atoms with Crippen molar-refractivity contribution >= 4 is 23.2 Å². The molecule has 2 aromatic carbocycles. The molecule has 0 aliphatic rings. The second-order valence-electron chi connectivity index (χ2n) is 5.76. The number of methoxy groups -OCH3 is 1. The van der Waals surface area contributed by atoms with Gasteiger partial charge in [-0.25, -0.2) is 13.2 Å². The van der Waals surface area contributed by atoms with Crippen LogP contribution in [0.2, 0.25) is 5.02 Å². The van der Waals surface area contributed by atoms with E-state index in [0.29, 0.717) is 17.3 Å². The normalized spacial score (nSPS) is 12.2. The number of carbonyl (C=O) groups excluding carboxylic acids is 1. The smallest absolute Gasteiger partial charge is 0.241 e. The summed E-state index contributed by atoms with van der Waals surface area (Å²) >= 11 is 5.99. The fraction of sp³-hybridized carbons (Fsp3) is 0.278. The monoisotopic (exact) mass is 386 g/mol. The van der Waals surface area contributed by atoms with Gasteiger partial charge in [0.15, 0.2) is 17.5 Å². The molecule has 4 nitrogen and oxygen atoms in total. The Hall–Kier alpha value is -2.25. The van der Waals surface area contributed by atoms with Crippen molar-refractivity contribution in [1.29, 1.82) is 0 Å². The number of hydrogen-bond acceptors (Lipinski definition) is 3. The zero-order valence-electron chi connectivity index (χ0n) is 14.4. The van der Waals surface area contributed by atoms with Crippen LogP contribution >= 0.6 is 11.6 Å².